The summed E-state index contributed by atoms with van der Waals surface area (Å²) < 4.78 is 0. The molecular weight excluding hydrogens is 204 g/mol. The number of aromatic nitrogens is 3. The molecule has 0 unspecified atom stereocenters. The van der Waals surface area contributed by atoms with Crippen LogP contribution in [0.1, 0.15) is 11.3 Å². The van der Waals surface area contributed by atoms with Gasteiger partial charge in [0.25, 0.3) is 0 Å². The van der Waals surface area contributed by atoms with Gasteiger partial charge in [-0.25, -0.2) is 9.89 Å². The third kappa shape index (κ3) is 2.25. The predicted octanol–water partition coefficient (Wildman–Crippen LogP) is 1.53. The fourth-order valence-corrected chi connectivity index (χ4v) is 1.37. The maximum Gasteiger partial charge on any atom is 0.363 e. The molecule has 2 N–H and O–H groups in total. The highest BCUT2D eigenvalue weighted by atomic mass is 16.1. The van der Waals surface area contributed by atoms with E-state index in [0.29, 0.717) is 11.5 Å². The van der Waals surface area contributed by atoms with E-state index in [1.54, 1.807) is 6.92 Å². The van der Waals surface area contributed by atoms with Crippen molar-refractivity contribution in [2.75, 3.05) is 5.32 Å². The van der Waals surface area contributed by atoms with Gasteiger partial charge in [-0.3, -0.25) is 0 Å². The molecule has 0 fully saturated rings. The minimum absolute atomic E-state index is 0.458. The van der Waals surface area contributed by atoms with Crippen molar-refractivity contribution >= 4 is 11.5 Å². The van der Waals surface area contributed by atoms with Crippen molar-refractivity contribution in [2.45, 2.75) is 13.8 Å². The number of nitrogens with one attached hydrogen (secondary N) is 2. The van der Waals surface area contributed by atoms with Crippen molar-refractivity contribution in [1.29, 1.82) is 0 Å². The first-order valence-electron chi connectivity index (χ1n) is 4.92. The summed E-state index contributed by atoms with van der Waals surface area (Å²) in [4.78, 5) is 14.8. The summed E-state index contributed by atoms with van der Waals surface area (Å²) in [5, 5.41) is 9.18. The highest BCUT2D eigenvalue weighted by Gasteiger charge is 2.02. The Morgan fingerprint density at radius 3 is 2.88 bits per heavy atom. The van der Waals surface area contributed by atoms with Gasteiger partial charge in [-0.15, -0.1) is 0 Å². The molecule has 0 saturated heterocycles. The van der Waals surface area contributed by atoms with E-state index in [0.717, 1.165) is 11.3 Å². The number of H-pyrrole nitrogens is 1. The maximum absolute atomic E-state index is 11.0. The van der Waals surface area contributed by atoms with Crippen LogP contribution in [0, 0.1) is 13.8 Å². The molecule has 0 aliphatic carbocycles. The van der Waals surface area contributed by atoms with E-state index in [1.165, 1.54) is 0 Å². The largest absolute Gasteiger partial charge is 0.363 e. The maximum atomic E-state index is 11.0. The van der Waals surface area contributed by atoms with Gasteiger partial charge in [0, 0.05) is 5.69 Å². The third-order valence-electron chi connectivity index (χ3n) is 2.16. The van der Waals surface area contributed by atoms with Gasteiger partial charge in [0.2, 0.25) is 0 Å². The molecule has 16 heavy (non-hydrogen) atoms. The second-order valence-electron chi connectivity index (χ2n) is 3.57. The monoisotopic (exact) mass is 216 g/mol. The Kier molecular flexibility index (Phi) is 2.68. The van der Waals surface area contributed by atoms with Gasteiger partial charge in [0.1, 0.15) is 5.69 Å². The van der Waals surface area contributed by atoms with Crippen LogP contribution in [0.3, 0.4) is 0 Å². The van der Waals surface area contributed by atoms with Gasteiger partial charge in [-0.1, -0.05) is 12.1 Å². The van der Waals surface area contributed by atoms with E-state index in [4.69, 9.17) is 0 Å². The second kappa shape index (κ2) is 4.14. The smallest absolute Gasteiger partial charge is 0.338 e. The quantitative estimate of drug-likeness (QED) is 0.798. The van der Waals surface area contributed by atoms with Crippen molar-refractivity contribution < 1.29 is 0 Å². The van der Waals surface area contributed by atoms with E-state index >= 15 is 0 Å². The Balaban J connectivity index is 2.33. The van der Waals surface area contributed by atoms with Gasteiger partial charge >= 0.3 is 5.69 Å². The molecule has 0 aliphatic heterocycles. The van der Waals surface area contributed by atoms with Crippen LogP contribution >= 0.6 is 0 Å². The minimum atomic E-state index is -0.458. The molecule has 0 saturated carbocycles. The number of aromatic amines is 1. The predicted molar refractivity (Wildman–Crippen MR) is 61.9 cm³/mol. The molecule has 5 nitrogen and oxygen atoms in total. The van der Waals surface area contributed by atoms with E-state index in [9.17, 15) is 4.79 Å². The highest BCUT2D eigenvalue weighted by molar-refractivity contribution is 5.57. The van der Waals surface area contributed by atoms with E-state index in [1.807, 2.05) is 31.2 Å². The average Bonchev–Trinajstić information content (AvgIpc) is 2.24. The van der Waals surface area contributed by atoms with Gasteiger partial charge in [0.05, 0.1) is 0 Å². The molecule has 0 spiro atoms. The molecule has 0 amide bonds. The summed E-state index contributed by atoms with van der Waals surface area (Å²) in [6.45, 7) is 3.78. The normalized spacial score (nSPS) is 10.1. The fourth-order valence-electron chi connectivity index (χ4n) is 1.37. The zero-order valence-corrected chi connectivity index (χ0v) is 9.11. The molecule has 0 bridgehead atoms. The summed E-state index contributed by atoms with van der Waals surface area (Å²) in [6, 6.07) is 7.83. The number of anilines is 2. The summed E-state index contributed by atoms with van der Waals surface area (Å²) >= 11 is 0. The SMILES string of the molecule is Cc1cccc(Nc2nc(=O)[nH]nc2C)c1. The number of hydrogen-bond donors (Lipinski definition) is 2. The zero-order chi connectivity index (χ0) is 11.5. The number of rotatable bonds is 2. The van der Waals surface area contributed by atoms with Crippen LogP contribution in [0.5, 0.6) is 0 Å². The Hall–Kier alpha value is -2.17. The number of benzene rings is 1. The van der Waals surface area contributed by atoms with Gasteiger partial charge in [-0.2, -0.15) is 10.1 Å². The Morgan fingerprint density at radius 2 is 2.12 bits per heavy atom. The molecule has 5 heteroatoms. The Bertz CT molecular complexity index is 562. The van der Waals surface area contributed by atoms with E-state index < -0.39 is 5.69 Å². The summed E-state index contributed by atoms with van der Waals surface area (Å²) in [5.74, 6) is 0.481. The first kappa shape index (κ1) is 10.4. The topological polar surface area (TPSA) is 70.7 Å². The molecule has 0 radical (unpaired) electrons. The number of aryl methyl sites for hydroxylation is 2. The van der Waals surface area contributed by atoms with E-state index in [-0.39, 0.29) is 0 Å². The molecule has 2 aromatic rings. The van der Waals surface area contributed by atoms with Crippen LogP contribution in [0.4, 0.5) is 11.5 Å². The molecule has 2 rings (SSSR count). The van der Waals surface area contributed by atoms with Crippen molar-refractivity contribution in [3.05, 3.63) is 46.0 Å². The molecule has 1 aromatic heterocycles. The fraction of sp³-hybridized carbons (Fsp3) is 0.182. The lowest BCUT2D eigenvalue weighted by atomic mass is 10.2. The molecule has 0 atom stereocenters. The number of hydrogen-bond acceptors (Lipinski definition) is 4. The van der Waals surface area contributed by atoms with Gasteiger partial charge in [0.15, 0.2) is 5.82 Å². The van der Waals surface area contributed by atoms with Crippen LogP contribution in [-0.2, 0) is 0 Å². The summed E-state index contributed by atoms with van der Waals surface area (Å²) in [7, 11) is 0. The van der Waals surface area contributed by atoms with Gasteiger partial charge < -0.3 is 5.32 Å². The first-order valence-corrected chi connectivity index (χ1v) is 4.92. The average molecular weight is 216 g/mol. The van der Waals surface area contributed by atoms with Crippen molar-refractivity contribution in [2.24, 2.45) is 0 Å². The third-order valence-corrected chi connectivity index (χ3v) is 2.16. The second-order valence-corrected chi connectivity index (χ2v) is 3.57. The van der Waals surface area contributed by atoms with Crippen LogP contribution in [0.25, 0.3) is 0 Å². The lowest BCUT2D eigenvalue weighted by molar-refractivity contribution is 0.885. The number of nitrogens with zero attached hydrogens (tertiary/aromatic N) is 2. The Labute approximate surface area is 92.6 Å². The van der Waals surface area contributed by atoms with Gasteiger partial charge in [-0.05, 0) is 31.5 Å². The van der Waals surface area contributed by atoms with Crippen molar-refractivity contribution in [3.63, 3.8) is 0 Å². The lowest BCUT2D eigenvalue weighted by Crippen LogP contribution is -2.15. The first-order chi connectivity index (χ1) is 7.65. The zero-order valence-electron chi connectivity index (χ0n) is 9.11. The van der Waals surface area contributed by atoms with Crippen LogP contribution in [0.2, 0.25) is 0 Å². The molecule has 1 aromatic carbocycles. The molecule has 1 heterocycles. The van der Waals surface area contributed by atoms with Crippen molar-refractivity contribution in [1.82, 2.24) is 15.2 Å². The lowest BCUT2D eigenvalue weighted by Gasteiger charge is -2.06. The minimum Gasteiger partial charge on any atom is -0.338 e. The summed E-state index contributed by atoms with van der Waals surface area (Å²) in [6.07, 6.45) is 0. The van der Waals surface area contributed by atoms with Crippen LogP contribution in [-0.4, -0.2) is 15.2 Å². The summed E-state index contributed by atoms with van der Waals surface area (Å²) in [5.41, 5.74) is 2.23. The highest BCUT2D eigenvalue weighted by Crippen LogP contribution is 2.15. The van der Waals surface area contributed by atoms with Crippen LogP contribution < -0.4 is 11.0 Å². The van der Waals surface area contributed by atoms with Crippen LogP contribution in [0.15, 0.2) is 29.1 Å². The molecular formula is C11H12N4O. The van der Waals surface area contributed by atoms with E-state index in [2.05, 4.69) is 20.5 Å². The Morgan fingerprint density at radius 1 is 1.31 bits per heavy atom. The molecule has 0 aliphatic rings. The standard InChI is InChI=1S/C11H12N4O/c1-7-4-3-5-9(6-7)12-10-8(2)14-15-11(16)13-10/h3-6H,1-2H3,(H2,12,13,15,16). The van der Waals surface area contributed by atoms with Crippen molar-refractivity contribution in [3.8, 4) is 0 Å². The molecule has 82 valence electrons.